The lowest BCUT2D eigenvalue weighted by Crippen LogP contribution is -2.41. The number of anilines is 2. The van der Waals surface area contributed by atoms with E-state index in [9.17, 15) is 0 Å². The Morgan fingerprint density at radius 1 is 1.38 bits per heavy atom. The fraction of sp³-hybridized carbons (Fsp3) is 0.583. The van der Waals surface area contributed by atoms with Crippen molar-refractivity contribution in [2.24, 2.45) is 0 Å². The van der Waals surface area contributed by atoms with Crippen LogP contribution in [0, 0.1) is 6.92 Å². The van der Waals surface area contributed by atoms with Gasteiger partial charge in [-0.25, -0.2) is 4.98 Å². The number of hydrogen-bond acceptors (Lipinski definition) is 4. The zero-order chi connectivity index (χ0) is 11.7. The monoisotopic (exact) mass is 237 g/mol. The molecule has 0 amide bonds. The maximum absolute atomic E-state index is 6.03. The predicted molar refractivity (Wildman–Crippen MR) is 72.1 cm³/mol. The van der Waals surface area contributed by atoms with Crippen LogP contribution in [0.25, 0.3) is 0 Å². The van der Waals surface area contributed by atoms with Crippen molar-refractivity contribution in [2.75, 3.05) is 23.7 Å². The topological polar surface area (TPSA) is 42.2 Å². The van der Waals surface area contributed by atoms with Crippen LogP contribution in [-0.4, -0.2) is 28.6 Å². The molecule has 16 heavy (non-hydrogen) atoms. The molecule has 0 radical (unpaired) electrons. The van der Waals surface area contributed by atoms with Gasteiger partial charge in [-0.1, -0.05) is 13.8 Å². The molecule has 1 aromatic rings. The van der Waals surface area contributed by atoms with Crippen molar-refractivity contribution in [1.29, 1.82) is 0 Å². The smallest absolute Gasteiger partial charge is 0.151 e. The molecule has 1 saturated heterocycles. The van der Waals surface area contributed by atoms with E-state index in [1.807, 2.05) is 30.9 Å². The fourth-order valence-electron chi connectivity index (χ4n) is 2.20. The van der Waals surface area contributed by atoms with Gasteiger partial charge in [0.25, 0.3) is 0 Å². The van der Waals surface area contributed by atoms with Gasteiger partial charge >= 0.3 is 0 Å². The summed E-state index contributed by atoms with van der Waals surface area (Å²) in [6.45, 7) is 8.62. The number of aromatic nitrogens is 1. The third-order valence-electron chi connectivity index (χ3n) is 2.75. The minimum absolute atomic E-state index is 0.645. The van der Waals surface area contributed by atoms with E-state index in [2.05, 4.69) is 23.7 Å². The number of aryl methyl sites for hydroxylation is 1. The molecule has 1 aliphatic heterocycles. The summed E-state index contributed by atoms with van der Waals surface area (Å²) in [6, 6.07) is 2.00. The maximum Gasteiger partial charge on any atom is 0.151 e. The van der Waals surface area contributed by atoms with E-state index in [0.717, 1.165) is 30.2 Å². The molecule has 0 saturated carbocycles. The highest BCUT2D eigenvalue weighted by Gasteiger charge is 2.24. The maximum atomic E-state index is 6.03. The highest BCUT2D eigenvalue weighted by Crippen LogP contribution is 2.30. The van der Waals surface area contributed by atoms with Gasteiger partial charge < -0.3 is 10.6 Å². The summed E-state index contributed by atoms with van der Waals surface area (Å²) < 4.78 is 0. The molecular formula is C12H19N3S. The van der Waals surface area contributed by atoms with E-state index in [-0.39, 0.29) is 0 Å². The molecule has 2 unspecified atom stereocenters. The lowest BCUT2D eigenvalue weighted by Gasteiger charge is -2.35. The number of nitrogens with two attached hydrogens (primary N) is 1. The number of pyridine rings is 1. The summed E-state index contributed by atoms with van der Waals surface area (Å²) >= 11 is 2.04. The Hall–Kier alpha value is -0.900. The van der Waals surface area contributed by atoms with E-state index in [1.54, 1.807) is 0 Å². The summed E-state index contributed by atoms with van der Waals surface area (Å²) in [5, 5.41) is 1.29. The van der Waals surface area contributed by atoms with Crippen LogP contribution in [0.15, 0.2) is 12.3 Å². The SMILES string of the molecule is Cc1cnc(N2CC(C)SC(C)C2)c(N)c1. The second-order valence-electron chi connectivity index (χ2n) is 4.59. The normalized spacial score (nSPS) is 25.8. The van der Waals surface area contributed by atoms with Gasteiger partial charge in [-0.15, -0.1) is 0 Å². The third kappa shape index (κ3) is 2.43. The molecule has 1 fully saturated rings. The molecule has 2 rings (SSSR count). The standard InChI is InChI=1S/C12H19N3S/c1-8-4-11(13)12(14-5-8)15-6-9(2)16-10(3)7-15/h4-5,9-10H,6-7,13H2,1-3H3. The molecule has 0 spiro atoms. The first kappa shape index (κ1) is 11.6. The van der Waals surface area contributed by atoms with E-state index >= 15 is 0 Å². The number of rotatable bonds is 1. The van der Waals surface area contributed by atoms with Gasteiger partial charge in [0.2, 0.25) is 0 Å². The minimum atomic E-state index is 0.645. The summed E-state index contributed by atoms with van der Waals surface area (Å²) in [7, 11) is 0. The predicted octanol–water partition coefficient (Wildman–Crippen LogP) is 2.30. The molecule has 2 atom stereocenters. The van der Waals surface area contributed by atoms with Crippen LogP contribution < -0.4 is 10.6 Å². The second kappa shape index (κ2) is 4.53. The number of nitrogens with zero attached hydrogens (tertiary/aromatic N) is 2. The number of hydrogen-bond donors (Lipinski definition) is 1. The molecule has 3 nitrogen and oxygen atoms in total. The van der Waals surface area contributed by atoms with Crippen molar-refractivity contribution in [3.8, 4) is 0 Å². The zero-order valence-corrected chi connectivity index (χ0v) is 10.9. The molecule has 1 aliphatic rings. The van der Waals surface area contributed by atoms with Gasteiger partial charge in [0.05, 0.1) is 5.69 Å². The number of nitrogen functional groups attached to an aromatic ring is 1. The molecule has 0 aliphatic carbocycles. The van der Waals surface area contributed by atoms with Gasteiger partial charge in [-0.3, -0.25) is 0 Å². The molecule has 0 bridgehead atoms. The van der Waals surface area contributed by atoms with Crippen LogP contribution in [0.4, 0.5) is 11.5 Å². The van der Waals surface area contributed by atoms with Gasteiger partial charge in [0.15, 0.2) is 5.82 Å². The van der Waals surface area contributed by atoms with Gasteiger partial charge in [0.1, 0.15) is 0 Å². The van der Waals surface area contributed by atoms with Crippen LogP contribution in [0.1, 0.15) is 19.4 Å². The van der Waals surface area contributed by atoms with E-state index in [4.69, 9.17) is 5.73 Å². The first-order chi connectivity index (χ1) is 7.56. The molecule has 0 aromatic carbocycles. The van der Waals surface area contributed by atoms with Crippen molar-refractivity contribution in [2.45, 2.75) is 31.3 Å². The summed E-state index contributed by atoms with van der Waals surface area (Å²) in [5.74, 6) is 0.949. The Kier molecular flexibility index (Phi) is 3.28. The van der Waals surface area contributed by atoms with E-state index in [0.29, 0.717) is 10.5 Å². The van der Waals surface area contributed by atoms with Crippen molar-refractivity contribution in [3.63, 3.8) is 0 Å². The Bertz CT molecular complexity index is 371. The Morgan fingerprint density at radius 2 is 2.00 bits per heavy atom. The number of thioether (sulfide) groups is 1. The van der Waals surface area contributed by atoms with Gasteiger partial charge in [-0.05, 0) is 18.6 Å². The van der Waals surface area contributed by atoms with E-state index < -0.39 is 0 Å². The fourth-order valence-corrected chi connectivity index (χ4v) is 3.52. The highest BCUT2D eigenvalue weighted by atomic mass is 32.2. The van der Waals surface area contributed by atoms with Crippen molar-refractivity contribution < 1.29 is 0 Å². The lowest BCUT2D eigenvalue weighted by molar-refractivity contribution is 0.719. The van der Waals surface area contributed by atoms with Crippen LogP contribution in [0.5, 0.6) is 0 Å². The summed E-state index contributed by atoms with van der Waals surface area (Å²) in [4.78, 5) is 6.77. The Morgan fingerprint density at radius 3 is 2.56 bits per heavy atom. The zero-order valence-electron chi connectivity index (χ0n) is 10.1. The molecule has 88 valence electrons. The second-order valence-corrected chi connectivity index (χ2v) is 6.47. The molecule has 1 aromatic heterocycles. The van der Waals surface area contributed by atoms with Crippen LogP contribution >= 0.6 is 11.8 Å². The van der Waals surface area contributed by atoms with Crippen molar-refractivity contribution in [3.05, 3.63) is 17.8 Å². The van der Waals surface area contributed by atoms with Gasteiger partial charge in [0, 0.05) is 29.8 Å². The largest absolute Gasteiger partial charge is 0.396 e. The van der Waals surface area contributed by atoms with Gasteiger partial charge in [-0.2, -0.15) is 11.8 Å². The third-order valence-corrected chi connectivity index (χ3v) is 3.98. The Labute approximate surface area is 101 Å². The molecule has 4 heteroatoms. The average molecular weight is 237 g/mol. The quantitative estimate of drug-likeness (QED) is 0.814. The Balaban J connectivity index is 2.23. The molecule has 2 heterocycles. The first-order valence-corrected chi connectivity index (χ1v) is 6.63. The first-order valence-electron chi connectivity index (χ1n) is 5.69. The summed E-state index contributed by atoms with van der Waals surface area (Å²) in [5.41, 5.74) is 7.95. The van der Waals surface area contributed by atoms with Crippen molar-refractivity contribution in [1.82, 2.24) is 4.98 Å². The highest BCUT2D eigenvalue weighted by molar-refractivity contribution is 8.00. The molecule has 2 N–H and O–H groups in total. The minimum Gasteiger partial charge on any atom is -0.396 e. The van der Waals surface area contributed by atoms with E-state index in [1.165, 1.54) is 0 Å². The molecular weight excluding hydrogens is 218 g/mol. The lowest BCUT2D eigenvalue weighted by atomic mass is 10.2. The average Bonchev–Trinajstić information content (AvgIpc) is 2.15. The van der Waals surface area contributed by atoms with Crippen molar-refractivity contribution >= 4 is 23.3 Å². The van der Waals surface area contributed by atoms with Crippen LogP contribution in [0.3, 0.4) is 0 Å². The van der Waals surface area contributed by atoms with Crippen LogP contribution in [0.2, 0.25) is 0 Å². The summed E-state index contributed by atoms with van der Waals surface area (Å²) in [6.07, 6.45) is 1.89. The van der Waals surface area contributed by atoms with Crippen LogP contribution in [-0.2, 0) is 0 Å².